The Labute approximate surface area is 213 Å². The van der Waals surface area contributed by atoms with Crippen molar-refractivity contribution in [3.05, 3.63) is 70.8 Å². The van der Waals surface area contributed by atoms with Gasteiger partial charge in [0.15, 0.2) is 0 Å². The molecule has 192 valence electrons. The summed E-state index contributed by atoms with van der Waals surface area (Å²) >= 11 is 8.49. The van der Waals surface area contributed by atoms with Gasteiger partial charge in [-0.2, -0.15) is 26.3 Å². The van der Waals surface area contributed by atoms with Crippen LogP contribution in [0.4, 0.5) is 26.3 Å². The lowest BCUT2D eigenvalue weighted by molar-refractivity contribution is -0.145. The smallest absolute Gasteiger partial charge is 0.220 e. The number of hydrogen-bond donors (Lipinski definition) is 2. The van der Waals surface area contributed by atoms with E-state index in [0.717, 1.165) is 44.3 Å². The van der Waals surface area contributed by atoms with E-state index in [1.165, 1.54) is 0 Å². The van der Waals surface area contributed by atoms with Crippen molar-refractivity contribution in [1.29, 1.82) is 0 Å². The molecule has 0 saturated heterocycles. The van der Waals surface area contributed by atoms with Gasteiger partial charge in [0.2, 0.25) is 0 Å². The number of halogens is 6. The molecule has 36 heavy (non-hydrogen) atoms. The van der Waals surface area contributed by atoms with Crippen LogP contribution < -0.4 is 0 Å². The van der Waals surface area contributed by atoms with E-state index in [0.29, 0.717) is 21.2 Å². The summed E-state index contributed by atoms with van der Waals surface area (Å²) in [5.41, 5.74) is 4.60. The van der Waals surface area contributed by atoms with Crippen molar-refractivity contribution in [3.8, 4) is 11.4 Å². The fourth-order valence-electron chi connectivity index (χ4n) is 3.17. The Bertz CT molecular complexity index is 1290. The lowest BCUT2D eigenvalue weighted by atomic mass is 10.1. The molecule has 0 unspecified atom stereocenters. The third kappa shape index (κ3) is 6.22. The van der Waals surface area contributed by atoms with E-state index in [-0.39, 0.29) is 0 Å². The molecule has 6 nitrogen and oxygen atoms in total. The van der Waals surface area contributed by atoms with Gasteiger partial charge in [-0.25, -0.2) is 19.3 Å². The van der Waals surface area contributed by atoms with Crippen LogP contribution in [0.5, 0.6) is 0 Å². The van der Waals surface area contributed by atoms with E-state index in [4.69, 9.17) is 0 Å². The molecule has 0 aliphatic heterocycles. The van der Waals surface area contributed by atoms with E-state index in [1.54, 1.807) is 26.0 Å². The summed E-state index contributed by atoms with van der Waals surface area (Å²) in [6, 6.07) is 7.02. The van der Waals surface area contributed by atoms with Gasteiger partial charge in [0.1, 0.15) is 12.7 Å². The van der Waals surface area contributed by atoms with Crippen molar-refractivity contribution in [2.24, 2.45) is 0 Å². The third-order valence-corrected chi connectivity index (χ3v) is 5.98. The van der Waals surface area contributed by atoms with Crippen LogP contribution in [0.15, 0.2) is 46.7 Å². The molecule has 2 aromatic heterocycles. The minimum Gasteiger partial charge on any atom is -0.220 e. The first-order chi connectivity index (χ1) is 16.6. The largest absolute Gasteiger partial charge is 0.453 e. The van der Waals surface area contributed by atoms with Crippen molar-refractivity contribution in [1.82, 2.24) is 29.5 Å². The molecule has 0 aliphatic carbocycles. The SMILES string of the molecule is Cc1cc(C)c(-n2cnc(C(F)(F)F)n2)cc1S.Cc1cc(C)c(-n2cnc(C(F)(F)F)n2)cc1S. The molecular formula is C22H20F6N6S2. The average Bonchev–Trinajstić information content (AvgIpc) is 3.43. The van der Waals surface area contributed by atoms with E-state index in [1.807, 2.05) is 26.0 Å². The first-order valence-corrected chi connectivity index (χ1v) is 11.1. The maximum atomic E-state index is 12.4. The highest BCUT2D eigenvalue weighted by molar-refractivity contribution is 7.80. The number of thiol groups is 2. The molecular weight excluding hydrogens is 526 g/mol. The van der Waals surface area contributed by atoms with Gasteiger partial charge < -0.3 is 0 Å². The standard InChI is InChI=1S/2C11H10F3N3S/c2*1-6-3-7(2)9(18)4-8(6)17-5-15-10(16-17)11(12,13)14/h2*3-5,18H,1-2H3. The van der Waals surface area contributed by atoms with Gasteiger partial charge >= 0.3 is 12.4 Å². The van der Waals surface area contributed by atoms with E-state index in [9.17, 15) is 26.3 Å². The topological polar surface area (TPSA) is 61.4 Å². The number of rotatable bonds is 2. The molecule has 2 heterocycles. The number of benzene rings is 2. The molecule has 2 aromatic carbocycles. The van der Waals surface area contributed by atoms with E-state index in [2.05, 4.69) is 45.4 Å². The van der Waals surface area contributed by atoms with Crippen LogP contribution in [0, 0.1) is 27.7 Å². The maximum absolute atomic E-state index is 12.4. The van der Waals surface area contributed by atoms with Crippen LogP contribution in [0.1, 0.15) is 33.9 Å². The highest BCUT2D eigenvalue weighted by Gasteiger charge is 2.36. The predicted octanol–water partition coefficient (Wildman–Crippen LogP) is 6.38. The number of alkyl halides is 6. The number of hydrogen-bond acceptors (Lipinski definition) is 6. The van der Waals surface area contributed by atoms with Crippen molar-refractivity contribution in [2.45, 2.75) is 49.8 Å². The number of aromatic nitrogens is 6. The van der Waals surface area contributed by atoms with Gasteiger partial charge in [-0.3, -0.25) is 0 Å². The van der Waals surface area contributed by atoms with Crippen LogP contribution in [0.3, 0.4) is 0 Å². The lowest BCUT2D eigenvalue weighted by Gasteiger charge is -2.08. The van der Waals surface area contributed by atoms with Crippen molar-refractivity contribution in [2.75, 3.05) is 0 Å². The Morgan fingerprint density at radius 3 is 1.19 bits per heavy atom. The van der Waals surface area contributed by atoms with Gasteiger partial charge in [-0.05, 0) is 62.1 Å². The number of nitrogens with zero attached hydrogens (tertiary/aromatic N) is 6. The van der Waals surface area contributed by atoms with Gasteiger partial charge in [-0.1, -0.05) is 12.1 Å². The highest BCUT2D eigenvalue weighted by atomic mass is 32.1. The van der Waals surface area contributed by atoms with Crippen molar-refractivity contribution < 1.29 is 26.3 Å². The summed E-state index contributed by atoms with van der Waals surface area (Å²) in [7, 11) is 0. The van der Waals surface area contributed by atoms with E-state index < -0.39 is 24.0 Å². The Kier molecular flexibility index (Phi) is 7.79. The molecule has 14 heteroatoms. The zero-order chi connectivity index (χ0) is 27.0. The van der Waals surface area contributed by atoms with Crippen LogP contribution in [-0.4, -0.2) is 29.5 Å². The molecule has 4 rings (SSSR count). The summed E-state index contributed by atoms with van der Waals surface area (Å²) in [6.45, 7) is 7.35. The second-order valence-corrected chi connectivity index (χ2v) is 8.83. The molecule has 0 atom stereocenters. The van der Waals surface area contributed by atoms with Crippen molar-refractivity contribution >= 4 is 25.3 Å². The molecule has 4 aromatic rings. The molecule has 0 N–H and O–H groups in total. The van der Waals surface area contributed by atoms with Gasteiger partial charge in [0.25, 0.3) is 11.6 Å². The molecule has 0 aliphatic rings. The zero-order valence-corrected chi connectivity index (χ0v) is 21.1. The predicted molar refractivity (Wildman–Crippen MR) is 126 cm³/mol. The zero-order valence-electron chi connectivity index (χ0n) is 19.3. The van der Waals surface area contributed by atoms with E-state index >= 15 is 0 Å². The fourth-order valence-corrected chi connectivity index (χ4v) is 3.54. The summed E-state index contributed by atoms with van der Waals surface area (Å²) in [5, 5.41) is 6.86. The lowest BCUT2D eigenvalue weighted by Crippen LogP contribution is -2.09. The van der Waals surface area contributed by atoms with Gasteiger partial charge in [0, 0.05) is 9.79 Å². The first kappa shape index (κ1) is 27.6. The van der Waals surface area contributed by atoms with Crippen LogP contribution in [0.25, 0.3) is 11.4 Å². The monoisotopic (exact) mass is 546 g/mol. The summed E-state index contributed by atoms with van der Waals surface area (Å²) in [6.07, 6.45) is -6.97. The molecule has 0 spiro atoms. The Morgan fingerprint density at radius 2 is 0.917 bits per heavy atom. The van der Waals surface area contributed by atoms with Crippen LogP contribution in [0.2, 0.25) is 0 Å². The second-order valence-electron chi connectivity index (χ2n) is 7.87. The van der Waals surface area contributed by atoms with Crippen LogP contribution in [-0.2, 0) is 12.4 Å². The molecule has 0 fully saturated rings. The summed E-state index contributed by atoms with van der Waals surface area (Å²) in [5.74, 6) is -2.30. The molecule has 0 amide bonds. The molecule has 0 bridgehead atoms. The Balaban J connectivity index is 0.000000201. The highest BCUT2D eigenvalue weighted by Crippen LogP contribution is 2.28. The maximum Gasteiger partial charge on any atom is 0.453 e. The minimum atomic E-state index is -4.53. The number of aryl methyl sites for hydroxylation is 4. The van der Waals surface area contributed by atoms with Gasteiger partial charge in [0.05, 0.1) is 11.4 Å². The fraction of sp³-hybridized carbons (Fsp3) is 0.273. The van der Waals surface area contributed by atoms with Crippen molar-refractivity contribution in [3.63, 3.8) is 0 Å². The molecule has 0 saturated carbocycles. The summed E-state index contributed by atoms with van der Waals surface area (Å²) in [4.78, 5) is 7.91. The quantitative estimate of drug-likeness (QED) is 0.226. The second kappa shape index (κ2) is 10.2. The Hall–Kier alpha value is -3.00. The first-order valence-electron chi connectivity index (χ1n) is 10.2. The van der Waals surface area contributed by atoms with Gasteiger partial charge in [-0.15, -0.1) is 35.5 Å². The third-order valence-electron chi connectivity index (χ3n) is 5.01. The van der Waals surface area contributed by atoms with Crippen LogP contribution >= 0.6 is 25.3 Å². The Morgan fingerprint density at radius 1 is 0.583 bits per heavy atom. The molecule has 0 radical (unpaired) electrons. The minimum absolute atomic E-state index is 0.536. The average molecular weight is 547 g/mol. The summed E-state index contributed by atoms with van der Waals surface area (Å²) < 4.78 is 76.7. The normalized spacial score (nSPS) is 11.9.